The second-order valence-electron chi connectivity index (χ2n) is 6.76. The Kier molecular flexibility index (Phi) is 9.10. The molecule has 1 saturated carbocycles. The molecule has 0 aromatic heterocycles. The van der Waals surface area contributed by atoms with Crippen LogP contribution in [0.1, 0.15) is 45.4 Å². The lowest BCUT2D eigenvalue weighted by Crippen LogP contribution is -2.46. The first-order valence-electron chi connectivity index (χ1n) is 8.55. The molecule has 2 fully saturated rings. The molecule has 0 amide bonds. The van der Waals surface area contributed by atoms with Crippen LogP contribution in [0.4, 0.5) is 0 Å². The normalized spacial score (nSPS) is 26.8. The summed E-state index contributed by atoms with van der Waals surface area (Å²) in [6, 6.07) is 0. The zero-order chi connectivity index (χ0) is 15.9. The maximum Gasteiger partial charge on any atom is 0.191 e. The number of nitrogens with one attached hydrogen (secondary N) is 2. The molecular weight excluding hydrogens is 409 g/mol. The van der Waals surface area contributed by atoms with Gasteiger partial charge in [0.15, 0.2) is 5.96 Å². The summed E-state index contributed by atoms with van der Waals surface area (Å²) >= 11 is 0. The summed E-state index contributed by atoms with van der Waals surface area (Å²) < 4.78 is 5.50. The minimum Gasteiger partial charge on any atom is -0.396 e. The third-order valence-corrected chi connectivity index (χ3v) is 4.86. The maximum absolute atomic E-state index is 10.4. The number of ether oxygens (including phenoxy) is 1. The molecule has 4 N–H and O–H groups in total. The van der Waals surface area contributed by atoms with E-state index in [1.165, 1.54) is 0 Å². The van der Waals surface area contributed by atoms with E-state index in [1.807, 2.05) is 6.92 Å². The SMILES string of the molecule is CCNC(=NCC1(CCO)CCOC1)NCC1(O)CCCC1.I. The molecule has 0 radical (unpaired) electrons. The van der Waals surface area contributed by atoms with Crippen LogP contribution >= 0.6 is 24.0 Å². The largest absolute Gasteiger partial charge is 0.396 e. The van der Waals surface area contributed by atoms with Crippen molar-refractivity contribution in [2.75, 3.05) is 39.5 Å². The van der Waals surface area contributed by atoms with Gasteiger partial charge in [-0.05, 0) is 32.6 Å². The van der Waals surface area contributed by atoms with E-state index in [0.29, 0.717) is 19.7 Å². The first-order valence-corrected chi connectivity index (χ1v) is 8.55. The zero-order valence-electron chi connectivity index (χ0n) is 14.1. The molecule has 2 aliphatic rings. The summed E-state index contributed by atoms with van der Waals surface area (Å²) in [5.41, 5.74) is -0.628. The molecule has 7 heteroatoms. The number of halogens is 1. The van der Waals surface area contributed by atoms with Gasteiger partial charge in [0.1, 0.15) is 0 Å². The van der Waals surface area contributed by atoms with Crippen molar-refractivity contribution in [2.24, 2.45) is 10.4 Å². The number of aliphatic hydroxyl groups excluding tert-OH is 1. The van der Waals surface area contributed by atoms with E-state index in [2.05, 4.69) is 15.6 Å². The molecule has 23 heavy (non-hydrogen) atoms. The molecule has 1 saturated heterocycles. The van der Waals surface area contributed by atoms with E-state index in [9.17, 15) is 10.2 Å². The molecule has 0 aromatic carbocycles. The molecule has 0 bridgehead atoms. The summed E-state index contributed by atoms with van der Waals surface area (Å²) in [6.45, 7) is 5.59. The van der Waals surface area contributed by atoms with Crippen LogP contribution in [0.15, 0.2) is 4.99 Å². The van der Waals surface area contributed by atoms with Crippen molar-refractivity contribution in [2.45, 2.75) is 51.0 Å². The fraction of sp³-hybridized carbons (Fsp3) is 0.938. The first kappa shape index (κ1) is 20.9. The number of hydrogen-bond donors (Lipinski definition) is 4. The Labute approximate surface area is 156 Å². The van der Waals surface area contributed by atoms with E-state index in [-0.39, 0.29) is 36.0 Å². The number of aliphatic imine (C=N–C) groups is 1. The molecule has 1 unspecified atom stereocenters. The van der Waals surface area contributed by atoms with Crippen molar-refractivity contribution in [1.29, 1.82) is 0 Å². The molecule has 1 aliphatic carbocycles. The second-order valence-corrected chi connectivity index (χ2v) is 6.76. The Bertz CT molecular complexity index is 368. The van der Waals surface area contributed by atoms with Gasteiger partial charge in [0.05, 0.1) is 18.8 Å². The minimum absolute atomic E-state index is 0. The van der Waals surface area contributed by atoms with Gasteiger partial charge in [-0.15, -0.1) is 24.0 Å². The molecule has 6 nitrogen and oxygen atoms in total. The molecular formula is C16H32IN3O3. The first-order chi connectivity index (χ1) is 10.6. The number of aliphatic hydroxyl groups is 2. The van der Waals surface area contributed by atoms with Crippen molar-refractivity contribution >= 4 is 29.9 Å². The number of guanidine groups is 1. The molecule has 2 rings (SSSR count). The van der Waals surface area contributed by atoms with Crippen LogP contribution in [-0.2, 0) is 4.74 Å². The van der Waals surface area contributed by atoms with Crippen LogP contribution in [-0.4, -0.2) is 61.2 Å². The highest BCUT2D eigenvalue weighted by atomic mass is 127. The number of rotatable bonds is 7. The van der Waals surface area contributed by atoms with Crippen LogP contribution in [0.25, 0.3) is 0 Å². The monoisotopic (exact) mass is 441 g/mol. The fourth-order valence-electron chi connectivity index (χ4n) is 3.33. The maximum atomic E-state index is 10.4. The Morgan fingerprint density at radius 1 is 1.22 bits per heavy atom. The summed E-state index contributed by atoms with van der Waals surface area (Å²) in [5.74, 6) is 0.743. The predicted octanol–water partition coefficient (Wildman–Crippen LogP) is 1.25. The van der Waals surface area contributed by atoms with Gasteiger partial charge in [-0.3, -0.25) is 4.99 Å². The Balaban J connectivity index is 0.00000264. The molecule has 0 aromatic rings. The smallest absolute Gasteiger partial charge is 0.191 e. The van der Waals surface area contributed by atoms with Crippen LogP contribution < -0.4 is 10.6 Å². The third-order valence-electron chi connectivity index (χ3n) is 4.86. The van der Waals surface area contributed by atoms with E-state index >= 15 is 0 Å². The van der Waals surface area contributed by atoms with Gasteiger partial charge in [-0.25, -0.2) is 0 Å². The minimum atomic E-state index is -0.588. The highest BCUT2D eigenvalue weighted by Gasteiger charge is 2.35. The van der Waals surface area contributed by atoms with Gasteiger partial charge in [0.25, 0.3) is 0 Å². The van der Waals surface area contributed by atoms with Crippen molar-refractivity contribution in [3.8, 4) is 0 Å². The van der Waals surface area contributed by atoms with Gasteiger partial charge in [-0.2, -0.15) is 0 Å². The summed E-state index contributed by atoms with van der Waals surface area (Å²) in [5, 5.41) is 26.2. The van der Waals surface area contributed by atoms with Gasteiger partial charge in [0, 0.05) is 31.7 Å². The van der Waals surface area contributed by atoms with E-state index in [1.54, 1.807) is 0 Å². The van der Waals surface area contributed by atoms with Gasteiger partial charge in [-0.1, -0.05) is 12.8 Å². The van der Waals surface area contributed by atoms with Crippen LogP contribution in [0.2, 0.25) is 0 Å². The summed E-state index contributed by atoms with van der Waals surface area (Å²) in [4.78, 5) is 4.67. The van der Waals surface area contributed by atoms with E-state index in [4.69, 9.17) is 4.74 Å². The lowest BCUT2D eigenvalue weighted by Gasteiger charge is -2.26. The zero-order valence-corrected chi connectivity index (χ0v) is 16.5. The van der Waals surface area contributed by atoms with Crippen molar-refractivity contribution in [3.05, 3.63) is 0 Å². The van der Waals surface area contributed by atoms with Crippen molar-refractivity contribution < 1.29 is 14.9 Å². The lowest BCUT2D eigenvalue weighted by atomic mass is 9.84. The molecule has 0 spiro atoms. The Morgan fingerprint density at radius 2 is 1.96 bits per heavy atom. The lowest BCUT2D eigenvalue weighted by molar-refractivity contribution is 0.0521. The second kappa shape index (κ2) is 10.0. The van der Waals surface area contributed by atoms with E-state index in [0.717, 1.165) is 57.6 Å². The Morgan fingerprint density at radius 3 is 2.52 bits per heavy atom. The van der Waals surface area contributed by atoms with Gasteiger partial charge < -0.3 is 25.6 Å². The van der Waals surface area contributed by atoms with Gasteiger partial charge in [0.2, 0.25) is 0 Å². The number of nitrogens with zero attached hydrogens (tertiary/aromatic N) is 1. The summed E-state index contributed by atoms with van der Waals surface area (Å²) in [7, 11) is 0. The topological polar surface area (TPSA) is 86.1 Å². The number of hydrogen-bond acceptors (Lipinski definition) is 4. The Hall–Kier alpha value is -0.120. The van der Waals surface area contributed by atoms with Gasteiger partial charge >= 0.3 is 0 Å². The highest BCUT2D eigenvalue weighted by Crippen LogP contribution is 2.32. The third kappa shape index (κ3) is 6.36. The highest BCUT2D eigenvalue weighted by molar-refractivity contribution is 14.0. The van der Waals surface area contributed by atoms with Crippen LogP contribution in [0.5, 0.6) is 0 Å². The summed E-state index contributed by atoms with van der Waals surface area (Å²) in [6.07, 6.45) is 5.59. The quantitative estimate of drug-likeness (QED) is 0.272. The molecule has 136 valence electrons. The van der Waals surface area contributed by atoms with Crippen molar-refractivity contribution in [1.82, 2.24) is 10.6 Å². The standard InChI is InChI=1S/C16H31N3O3.HI/c1-2-17-14(19-12-16(21)5-3-4-6-16)18-11-15(7-9-20)8-10-22-13-15;/h20-21H,2-13H2,1H3,(H2,17,18,19);1H. The molecule has 1 atom stereocenters. The van der Waals surface area contributed by atoms with Crippen LogP contribution in [0.3, 0.4) is 0 Å². The average molecular weight is 441 g/mol. The van der Waals surface area contributed by atoms with E-state index < -0.39 is 5.60 Å². The van der Waals surface area contributed by atoms with Crippen molar-refractivity contribution in [3.63, 3.8) is 0 Å². The molecule has 1 aliphatic heterocycles. The average Bonchev–Trinajstić information content (AvgIpc) is 3.13. The molecule has 1 heterocycles. The fourth-order valence-corrected chi connectivity index (χ4v) is 3.33. The van der Waals surface area contributed by atoms with Crippen LogP contribution in [0, 0.1) is 5.41 Å². The predicted molar refractivity (Wildman–Crippen MR) is 102 cm³/mol.